The number of aliphatic imine (C=N–C) groups is 1. The smallest absolute Gasteiger partial charge is 0.191 e. The van der Waals surface area contributed by atoms with Crippen LogP contribution in [0.2, 0.25) is 0 Å². The third kappa shape index (κ3) is 6.21. The van der Waals surface area contributed by atoms with Crippen molar-refractivity contribution < 1.29 is 4.74 Å². The highest BCUT2D eigenvalue weighted by Crippen LogP contribution is 2.20. The van der Waals surface area contributed by atoms with E-state index in [1.165, 1.54) is 9.88 Å². The monoisotopic (exact) mass is 381 g/mol. The Kier molecular flexibility index (Phi) is 7.85. The van der Waals surface area contributed by atoms with E-state index in [1.54, 1.807) is 11.3 Å². The molecule has 0 saturated carbocycles. The van der Waals surface area contributed by atoms with Crippen molar-refractivity contribution in [3.63, 3.8) is 0 Å². The van der Waals surface area contributed by atoms with Crippen LogP contribution in [-0.4, -0.2) is 66.8 Å². The van der Waals surface area contributed by atoms with Crippen LogP contribution >= 0.6 is 11.3 Å². The van der Waals surface area contributed by atoms with E-state index in [1.807, 2.05) is 13.2 Å². The van der Waals surface area contributed by atoms with Crippen molar-refractivity contribution in [2.75, 3.05) is 33.2 Å². The molecule has 1 aliphatic heterocycles. The van der Waals surface area contributed by atoms with E-state index < -0.39 is 0 Å². The standard InChI is InChI=1S/C19H35N5OS/c1-7-16-10-22-17(26-16)8-9-21-18(20-6)23-13-19(4,5)24-11-14(2)25-15(3)12-24/h10,14-15H,7-9,11-13H2,1-6H3,(H2,20,21,23). The highest BCUT2D eigenvalue weighted by Gasteiger charge is 2.33. The number of guanidine groups is 1. The number of nitrogens with one attached hydrogen (secondary N) is 2. The van der Waals surface area contributed by atoms with Crippen molar-refractivity contribution in [1.82, 2.24) is 20.5 Å². The van der Waals surface area contributed by atoms with Gasteiger partial charge < -0.3 is 15.4 Å². The van der Waals surface area contributed by atoms with Gasteiger partial charge in [0, 0.05) is 56.3 Å². The number of nitrogens with zero attached hydrogens (tertiary/aromatic N) is 3. The average molecular weight is 382 g/mol. The van der Waals surface area contributed by atoms with Gasteiger partial charge in [-0.2, -0.15) is 0 Å². The van der Waals surface area contributed by atoms with E-state index in [-0.39, 0.29) is 17.7 Å². The van der Waals surface area contributed by atoms with Crippen molar-refractivity contribution in [3.05, 3.63) is 16.1 Å². The molecule has 2 rings (SSSR count). The summed E-state index contributed by atoms with van der Waals surface area (Å²) in [4.78, 5) is 12.7. The van der Waals surface area contributed by atoms with Crippen molar-refractivity contribution >= 4 is 17.3 Å². The molecular weight excluding hydrogens is 346 g/mol. The lowest BCUT2D eigenvalue weighted by atomic mass is 10.00. The lowest BCUT2D eigenvalue weighted by molar-refractivity contribution is -0.0946. The Labute approximate surface area is 162 Å². The molecule has 2 unspecified atom stereocenters. The van der Waals surface area contributed by atoms with Crippen LogP contribution in [-0.2, 0) is 17.6 Å². The molecule has 0 aromatic carbocycles. The van der Waals surface area contributed by atoms with E-state index in [2.05, 4.69) is 60.1 Å². The fourth-order valence-corrected chi connectivity index (χ4v) is 4.08. The van der Waals surface area contributed by atoms with Crippen LogP contribution in [0.15, 0.2) is 11.2 Å². The van der Waals surface area contributed by atoms with Crippen molar-refractivity contribution in [1.29, 1.82) is 0 Å². The number of aromatic nitrogens is 1. The SMILES string of the molecule is CCc1cnc(CCNC(=NC)NCC(C)(C)N2CC(C)OC(C)C2)s1. The number of rotatable bonds is 7. The molecule has 2 N–H and O–H groups in total. The molecule has 0 spiro atoms. The molecule has 7 heteroatoms. The number of ether oxygens (including phenoxy) is 1. The van der Waals surface area contributed by atoms with Gasteiger partial charge in [-0.1, -0.05) is 6.92 Å². The molecule has 1 aromatic rings. The van der Waals surface area contributed by atoms with Crippen LogP contribution < -0.4 is 10.6 Å². The van der Waals surface area contributed by atoms with Gasteiger partial charge in [0.15, 0.2) is 5.96 Å². The summed E-state index contributed by atoms with van der Waals surface area (Å²) in [5.41, 5.74) is 0.0370. The summed E-state index contributed by atoms with van der Waals surface area (Å²) in [7, 11) is 1.82. The Morgan fingerprint density at radius 1 is 1.35 bits per heavy atom. The second kappa shape index (κ2) is 9.67. The second-order valence-electron chi connectivity index (χ2n) is 7.65. The fraction of sp³-hybridized carbons (Fsp3) is 0.789. The van der Waals surface area contributed by atoms with Crippen LogP contribution in [0.3, 0.4) is 0 Å². The summed E-state index contributed by atoms with van der Waals surface area (Å²) in [5.74, 6) is 0.847. The zero-order chi connectivity index (χ0) is 19.2. The van der Waals surface area contributed by atoms with Crippen LogP contribution in [0.25, 0.3) is 0 Å². The predicted octanol–water partition coefficient (Wildman–Crippen LogP) is 2.30. The lowest BCUT2D eigenvalue weighted by Gasteiger charge is -2.45. The fourth-order valence-electron chi connectivity index (χ4n) is 3.22. The van der Waals surface area contributed by atoms with Gasteiger partial charge in [0.2, 0.25) is 0 Å². The van der Waals surface area contributed by atoms with E-state index in [0.29, 0.717) is 0 Å². The zero-order valence-electron chi connectivity index (χ0n) is 17.1. The summed E-state index contributed by atoms with van der Waals surface area (Å²) in [6.45, 7) is 14.6. The highest BCUT2D eigenvalue weighted by atomic mass is 32.1. The van der Waals surface area contributed by atoms with Gasteiger partial charge in [0.25, 0.3) is 0 Å². The van der Waals surface area contributed by atoms with Gasteiger partial charge in [-0.15, -0.1) is 11.3 Å². The third-order valence-electron chi connectivity index (χ3n) is 4.77. The normalized spacial score (nSPS) is 22.5. The highest BCUT2D eigenvalue weighted by molar-refractivity contribution is 7.11. The number of morpholine rings is 1. The summed E-state index contributed by atoms with van der Waals surface area (Å²) < 4.78 is 5.86. The number of hydrogen-bond acceptors (Lipinski definition) is 5. The van der Waals surface area contributed by atoms with E-state index in [0.717, 1.165) is 45.0 Å². The first-order valence-electron chi connectivity index (χ1n) is 9.62. The molecule has 0 aliphatic carbocycles. The summed E-state index contributed by atoms with van der Waals surface area (Å²) >= 11 is 1.80. The molecule has 6 nitrogen and oxygen atoms in total. The summed E-state index contributed by atoms with van der Waals surface area (Å²) in [5, 5.41) is 8.06. The minimum atomic E-state index is 0.0370. The van der Waals surface area contributed by atoms with Gasteiger partial charge in [-0.25, -0.2) is 4.98 Å². The van der Waals surface area contributed by atoms with Crippen molar-refractivity contribution in [2.45, 2.75) is 65.2 Å². The minimum absolute atomic E-state index is 0.0370. The van der Waals surface area contributed by atoms with E-state index in [9.17, 15) is 0 Å². The first kappa shape index (κ1) is 21.1. The Morgan fingerprint density at radius 3 is 2.62 bits per heavy atom. The molecule has 1 aliphatic rings. The number of thiazole rings is 1. The Bertz CT molecular complexity index is 576. The van der Waals surface area contributed by atoms with Gasteiger partial charge in [0.05, 0.1) is 17.2 Å². The van der Waals surface area contributed by atoms with Crippen molar-refractivity contribution in [3.8, 4) is 0 Å². The molecule has 0 amide bonds. The van der Waals surface area contributed by atoms with Gasteiger partial charge in [0.1, 0.15) is 0 Å². The summed E-state index contributed by atoms with van der Waals surface area (Å²) in [6, 6.07) is 0. The lowest BCUT2D eigenvalue weighted by Crippen LogP contribution is -2.59. The van der Waals surface area contributed by atoms with E-state index in [4.69, 9.17) is 4.74 Å². The predicted molar refractivity (Wildman–Crippen MR) is 110 cm³/mol. The van der Waals surface area contributed by atoms with Crippen LogP contribution in [0.5, 0.6) is 0 Å². The summed E-state index contributed by atoms with van der Waals surface area (Å²) in [6.07, 6.45) is 4.53. The third-order valence-corrected chi connectivity index (χ3v) is 5.97. The second-order valence-corrected chi connectivity index (χ2v) is 8.85. The Hall–Kier alpha value is -1.18. The van der Waals surface area contributed by atoms with E-state index >= 15 is 0 Å². The maximum atomic E-state index is 5.86. The number of hydrogen-bond donors (Lipinski definition) is 2. The van der Waals surface area contributed by atoms with Gasteiger partial charge in [-0.05, 0) is 34.1 Å². The molecular formula is C19H35N5OS. The molecule has 2 atom stereocenters. The molecule has 26 heavy (non-hydrogen) atoms. The molecule has 1 saturated heterocycles. The van der Waals surface area contributed by atoms with Gasteiger partial charge in [-0.3, -0.25) is 9.89 Å². The van der Waals surface area contributed by atoms with Crippen LogP contribution in [0, 0.1) is 0 Å². The Morgan fingerprint density at radius 2 is 2.04 bits per heavy atom. The molecule has 1 fully saturated rings. The van der Waals surface area contributed by atoms with Gasteiger partial charge >= 0.3 is 0 Å². The van der Waals surface area contributed by atoms with Crippen LogP contribution in [0.1, 0.15) is 44.5 Å². The Balaban J connectivity index is 1.78. The number of aryl methyl sites for hydroxylation is 1. The quantitative estimate of drug-likeness (QED) is 0.561. The first-order chi connectivity index (χ1) is 12.3. The van der Waals surface area contributed by atoms with Crippen molar-refractivity contribution in [2.24, 2.45) is 4.99 Å². The maximum absolute atomic E-state index is 5.86. The largest absolute Gasteiger partial charge is 0.373 e. The maximum Gasteiger partial charge on any atom is 0.191 e. The molecule has 0 bridgehead atoms. The topological polar surface area (TPSA) is 61.8 Å². The average Bonchev–Trinajstić information content (AvgIpc) is 3.05. The first-order valence-corrected chi connectivity index (χ1v) is 10.4. The minimum Gasteiger partial charge on any atom is -0.373 e. The molecule has 1 aromatic heterocycles. The zero-order valence-corrected chi connectivity index (χ0v) is 17.9. The molecule has 2 heterocycles. The van der Waals surface area contributed by atoms with Crippen LogP contribution in [0.4, 0.5) is 0 Å². The molecule has 148 valence electrons. The molecule has 0 radical (unpaired) electrons.